The molecule has 0 aliphatic carbocycles. The number of benzene rings is 2. The van der Waals surface area contributed by atoms with Gasteiger partial charge < -0.3 is 4.90 Å². The van der Waals surface area contributed by atoms with Crippen LogP contribution in [-0.2, 0) is 6.54 Å². The maximum absolute atomic E-state index is 12.7. The molecule has 0 amide bonds. The predicted octanol–water partition coefficient (Wildman–Crippen LogP) is 4.04. The Balaban J connectivity index is 1.45. The van der Waals surface area contributed by atoms with E-state index in [0.717, 1.165) is 24.0 Å². The van der Waals surface area contributed by atoms with Gasteiger partial charge in [-0.05, 0) is 18.4 Å². The van der Waals surface area contributed by atoms with Crippen LogP contribution in [0.1, 0.15) is 28.8 Å². The Labute approximate surface area is 174 Å². The fourth-order valence-corrected chi connectivity index (χ4v) is 4.03. The van der Waals surface area contributed by atoms with Crippen molar-refractivity contribution < 1.29 is 4.79 Å². The lowest BCUT2D eigenvalue weighted by molar-refractivity contribution is 0.0900. The molecule has 1 aliphatic rings. The van der Waals surface area contributed by atoms with Gasteiger partial charge in [0, 0.05) is 24.6 Å². The van der Waals surface area contributed by atoms with Crippen LogP contribution in [0.4, 0.5) is 5.69 Å². The third kappa shape index (κ3) is 4.25. The number of hydrogen-bond acceptors (Lipinski definition) is 4. The number of anilines is 1. The molecule has 0 spiro atoms. The summed E-state index contributed by atoms with van der Waals surface area (Å²) in [5.74, 6) is 0.187. The van der Waals surface area contributed by atoms with Gasteiger partial charge >= 0.3 is 0 Å². The molecule has 2 heterocycles. The summed E-state index contributed by atoms with van der Waals surface area (Å²) in [4.78, 5) is 27.4. The van der Waals surface area contributed by atoms with E-state index >= 15 is 0 Å². The molecule has 0 atom stereocenters. The molecular formula is C23H22ClN3O2. The van der Waals surface area contributed by atoms with Crippen LogP contribution in [0.25, 0.3) is 0 Å². The van der Waals surface area contributed by atoms with E-state index in [2.05, 4.69) is 10.00 Å². The fraction of sp³-hybridized carbons (Fsp3) is 0.261. The van der Waals surface area contributed by atoms with Gasteiger partial charge in [-0.25, -0.2) is 4.68 Å². The highest BCUT2D eigenvalue weighted by atomic mass is 35.5. The fourth-order valence-electron chi connectivity index (χ4n) is 3.77. The third-order valence-electron chi connectivity index (χ3n) is 5.41. The Morgan fingerprint density at radius 3 is 2.28 bits per heavy atom. The van der Waals surface area contributed by atoms with Gasteiger partial charge in [-0.3, -0.25) is 9.59 Å². The number of halogens is 1. The van der Waals surface area contributed by atoms with Gasteiger partial charge in [0.15, 0.2) is 5.78 Å². The summed E-state index contributed by atoms with van der Waals surface area (Å²) in [6, 6.07) is 19.1. The van der Waals surface area contributed by atoms with Crippen LogP contribution < -0.4 is 10.5 Å². The lowest BCUT2D eigenvalue weighted by Crippen LogP contribution is -2.38. The average Bonchev–Trinajstić information content (AvgIpc) is 2.78. The molecule has 148 valence electrons. The van der Waals surface area contributed by atoms with Crippen molar-refractivity contribution in [3.05, 3.63) is 93.4 Å². The molecule has 4 rings (SSSR count). The van der Waals surface area contributed by atoms with Gasteiger partial charge in [0.05, 0.1) is 18.4 Å². The van der Waals surface area contributed by atoms with Crippen LogP contribution in [0, 0.1) is 5.92 Å². The molecule has 1 aromatic heterocycles. The molecule has 1 aliphatic heterocycles. The minimum absolute atomic E-state index is 0.00108. The van der Waals surface area contributed by atoms with E-state index in [1.54, 1.807) is 6.20 Å². The number of nitrogens with zero attached hydrogens (tertiary/aromatic N) is 3. The number of carbonyl (C=O) groups excluding carboxylic acids is 1. The first-order valence-corrected chi connectivity index (χ1v) is 10.1. The number of aromatic nitrogens is 2. The summed E-state index contributed by atoms with van der Waals surface area (Å²) in [6.45, 7) is 1.73. The Morgan fingerprint density at radius 1 is 1.00 bits per heavy atom. The smallest absolute Gasteiger partial charge is 0.287 e. The standard InChI is InChI=1S/C23H22ClN3O2/c24-21-20(15-25-27(23(21)29)16-17-7-3-1-4-8-17)26-13-11-19(12-14-26)22(28)18-9-5-2-6-10-18/h1-10,15,19H,11-14,16H2. The van der Waals surface area contributed by atoms with Crippen molar-refractivity contribution in [1.82, 2.24) is 9.78 Å². The van der Waals surface area contributed by atoms with Crippen molar-refractivity contribution >= 4 is 23.1 Å². The summed E-state index contributed by atoms with van der Waals surface area (Å²) >= 11 is 6.41. The number of ketones is 1. The highest BCUT2D eigenvalue weighted by Crippen LogP contribution is 2.28. The second kappa shape index (κ2) is 8.62. The largest absolute Gasteiger partial charge is 0.369 e. The molecule has 29 heavy (non-hydrogen) atoms. The number of Topliss-reactive ketones (excluding diaryl/α,β-unsaturated/α-hetero) is 1. The van der Waals surface area contributed by atoms with E-state index in [9.17, 15) is 9.59 Å². The van der Waals surface area contributed by atoms with Crippen molar-refractivity contribution in [2.24, 2.45) is 5.92 Å². The average molecular weight is 408 g/mol. The molecule has 1 saturated heterocycles. The minimum Gasteiger partial charge on any atom is -0.369 e. The first-order chi connectivity index (χ1) is 14.1. The van der Waals surface area contributed by atoms with Gasteiger partial charge in [0.2, 0.25) is 0 Å². The molecular weight excluding hydrogens is 386 g/mol. The lowest BCUT2D eigenvalue weighted by atomic mass is 9.89. The zero-order valence-corrected chi connectivity index (χ0v) is 16.8. The molecule has 6 heteroatoms. The molecule has 0 bridgehead atoms. The summed E-state index contributed by atoms with van der Waals surface area (Å²) in [6.07, 6.45) is 3.13. The predicted molar refractivity (Wildman–Crippen MR) is 115 cm³/mol. The summed E-state index contributed by atoms with van der Waals surface area (Å²) in [5.41, 5.74) is 2.10. The van der Waals surface area contributed by atoms with Crippen LogP contribution in [0.15, 0.2) is 71.7 Å². The van der Waals surface area contributed by atoms with Gasteiger partial charge in [-0.1, -0.05) is 72.3 Å². The molecule has 3 aromatic rings. The maximum Gasteiger partial charge on any atom is 0.287 e. The van der Waals surface area contributed by atoms with Gasteiger partial charge in [-0.2, -0.15) is 5.10 Å². The quantitative estimate of drug-likeness (QED) is 0.599. The van der Waals surface area contributed by atoms with Crippen molar-refractivity contribution in [2.75, 3.05) is 18.0 Å². The summed E-state index contributed by atoms with van der Waals surface area (Å²) in [5, 5.41) is 4.51. The molecule has 0 radical (unpaired) electrons. The first kappa shape index (κ1) is 19.4. The first-order valence-electron chi connectivity index (χ1n) is 9.77. The van der Waals surface area contributed by atoms with Crippen LogP contribution in [0.3, 0.4) is 0 Å². The molecule has 0 saturated carbocycles. The SMILES string of the molecule is O=C(c1ccccc1)C1CCN(c2cnn(Cc3ccccc3)c(=O)c2Cl)CC1. The lowest BCUT2D eigenvalue weighted by Gasteiger charge is -2.33. The highest BCUT2D eigenvalue weighted by Gasteiger charge is 2.27. The van der Waals surface area contributed by atoms with E-state index in [0.29, 0.717) is 25.3 Å². The maximum atomic E-state index is 12.7. The van der Waals surface area contributed by atoms with E-state index < -0.39 is 0 Å². The van der Waals surface area contributed by atoms with E-state index in [1.807, 2.05) is 60.7 Å². The van der Waals surface area contributed by atoms with Crippen LogP contribution in [0.2, 0.25) is 5.02 Å². The normalized spacial score (nSPS) is 14.7. The number of piperidine rings is 1. The molecule has 0 N–H and O–H groups in total. The second-order valence-electron chi connectivity index (χ2n) is 7.28. The van der Waals surface area contributed by atoms with Crippen LogP contribution >= 0.6 is 11.6 Å². The topological polar surface area (TPSA) is 55.2 Å². The Kier molecular flexibility index (Phi) is 5.76. The van der Waals surface area contributed by atoms with Crippen molar-refractivity contribution in [1.29, 1.82) is 0 Å². The van der Waals surface area contributed by atoms with Crippen molar-refractivity contribution in [3.8, 4) is 0 Å². The van der Waals surface area contributed by atoms with E-state index in [-0.39, 0.29) is 22.3 Å². The van der Waals surface area contributed by atoms with Gasteiger partial charge in [0.25, 0.3) is 5.56 Å². The number of hydrogen-bond donors (Lipinski definition) is 0. The zero-order valence-electron chi connectivity index (χ0n) is 16.0. The van der Waals surface area contributed by atoms with Crippen LogP contribution in [0.5, 0.6) is 0 Å². The van der Waals surface area contributed by atoms with Gasteiger partial charge in [-0.15, -0.1) is 0 Å². The summed E-state index contributed by atoms with van der Waals surface area (Å²) < 4.78 is 1.38. The third-order valence-corrected chi connectivity index (χ3v) is 5.76. The number of rotatable bonds is 5. The van der Waals surface area contributed by atoms with Crippen molar-refractivity contribution in [3.63, 3.8) is 0 Å². The molecule has 5 nitrogen and oxygen atoms in total. The van der Waals surface area contributed by atoms with Crippen LogP contribution in [-0.4, -0.2) is 28.7 Å². The second-order valence-corrected chi connectivity index (χ2v) is 7.66. The number of carbonyl (C=O) groups is 1. The van der Waals surface area contributed by atoms with E-state index in [4.69, 9.17) is 11.6 Å². The molecule has 1 fully saturated rings. The zero-order chi connectivity index (χ0) is 20.2. The molecule has 0 unspecified atom stereocenters. The van der Waals surface area contributed by atoms with Gasteiger partial charge in [0.1, 0.15) is 5.02 Å². The summed E-state index contributed by atoms with van der Waals surface area (Å²) in [7, 11) is 0. The van der Waals surface area contributed by atoms with E-state index in [1.165, 1.54) is 4.68 Å². The Bertz CT molecular complexity index is 1040. The Hall–Kier alpha value is -2.92. The monoisotopic (exact) mass is 407 g/mol. The minimum atomic E-state index is -0.296. The highest BCUT2D eigenvalue weighted by molar-refractivity contribution is 6.33. The van der Waals surface area contributed by atoms with Crippen molar-refractivity contribution in [2.45, 2.75) is 19.4 Å². The Morgan fingerprint density at radius 2 is 1.62 bits per heavy atom. The molecule has 2 aromatic carbocycles.